The average Bonchev–Trinajstić information content (AvgIpc) is 3.11. The van der Waals surface area contributed by atoms with Gasteiger partial charge in [0.15, 0.2) is 5.82 Å². The Bertz CT molecular complexity index is 1390. The Hall–Kier alpha value is -4.15. The number of fused-ring (bicyclic) bond motifs is 1. The molecule has 0 radical (unpaired) electrons. The van der Waals surface area contributed by atoms with E-state index in [1.165, 1.54) is 12.1 Å². The number of aryl methyl sites for hydroxylation is 1. The molecule has 152 valence electrons. The first-order chi connectivity index (χ1) is 15.0. The predicted molar refractivity (Wildman–Crippen MR) is 119 cm³/mol. The van der Waals surface area contributed by atoms with Gasteiger partial charge >= 0.3 is 5.69 Å². The molecule has 0 saturated heterocycles. The predicted octanol–water partition coefficient (Wildman–Crippen LogP) is 5.99. The van der Waals surface area contributed by atoms with Gasteiger partial charge in [0.05, 0.1) is 26.6 Å². The molecule has 1 heterocycles. The van der Waals surface area contributed by atoms with Crippen molar-refractivity contribution >= 4 is 40.0 Å². The van der Waals surface area contributed by atoms with Gasteiger partial charge in [-0.1, -0.05) is 41.9 Å². The monoisotopic (exact) mass is 430 g/mol. The van der Waals surface area contributed by atoms with Crippen LogP contribution in [0.25, 0.3) is 22.7 Å². The van der Waals surface area contributed by atoms with Crippen molar-refractivity contribution in [3.05, 3.63) is 93.3 Å². The van der Waals surface area contributed by atoms with Crippen LogP contribution < -0.4 is 4.74 Å². The molecule has 0 N–H and O–H groups in total. The van der Waals surface area contributed by atoms with Crippen LogP contribution in [-0.2, 0) is 7.05 Å². The first kappa shape index (κ1) is 20.1. The Kier molecular flexibility index (Phi) is 5.39. The van der Waals surface area contributed by atoms with Crippen LogP contribution in [0.5, 0.6) is 11.5 Å². The molecule has 0 aliphatic carbocycles. The molecule has 0 unspecified atom stereocenters. The fraction of sp³-hybridized carbons (Fsp3) is 0.0435. The Morgan fingerprint density at radius 3 is 2.61 bits per heavy atom. The number of halogens is 1. The van der Waals surface area contributed by atoms with Gasteiger partial charge in [-0.05, 0) is 42.0 Å². The van der Waals surface area contributed by atoms with Gasteiger partial charge < -0.3 is 9.30 Å². The molecule has 1 aromatic heterocycles. The number of nitro groups is 1. The molecule has 7 nitrogen and oxygen atoms in total. The van der Waals surface area contributed by atoms with E-state index < -0.39 is 4.92 Å². The lowest BCUT2D eigenvalue weighted by Crippen LogP contribution is -1.97. The molecule has 0 aliphatic rings. The van der Waals surface area contributed by atoms with Crippen LogP contribution in [-0.4, -0.2) is 14.5 Å². The van der Waals surface area contributed by atoms with Crippen molar-refractivity contribution in [2.24, 2.45) is 7.05 Å². The molecule has 31 heavy (non-hydrogen) atoms. The smallest absolute Gasteiger partial charge is 0.312 e. The number of nitro benzene ring substituents is 1. The highest BCUT2D eigenvalue weighted by molar-refractivity contribution is 6.32. The number of nitriles is 1. The van der Waals surface area contributed by atoms with Gasteiger partial charge in [-0.15, -0.1) is 0 Å². The molecule has 8 heteroatoms. The van der Waals surface area contributed by atoms with Crippen LogP contribution in [0.3, 0.4) is 0 Å². The van der Waals surface area contributed by atoms with Crippen molar-refractivity contribution in [2.75, 3.05) is 0 Å². The molecule has 0 amide bonds. The molecular weight excluding hydrogens is 416 g/mol. The summed E-state index contributed by atoms with van der Waals surface area (Å²) in [5.74, 6) is 0.840. The first-order valence-electron chi connectivity index (χ1n) is 9.22. The van der Waals surface area contributed by atoms with E-state index in [0.29, 0.717) is 22.2 Å². The number of hydrogen-bond acceptors (Lipinski definition) is 5. The largest absolute Gasteiger partial charge is 0.449 e. The summed E-state index contributed by atoms with van der Waals surface area (Å²) >= 11 is 6.09. The van der Waals surface area contributed by atoms with Crippen LogP contribution in [0.15, 0.2) is 66.7 Å². The second-order valence-electron chi connectivity index (χ2n) is 6.67. The molecule has 0 fully saturated rings. The van der Waals surface area contributed by atoms with Gasteiger partial charge in [0.1, 0.15) is 11.8 Å². The quantitative estimate of drug-likeness (QED) is 0.220. The molecule has 3 aromatic carbocycles. The zero-order valence-corrected chi connectivity index (χ0v) is 17.1. The number of allylic oxidation sites excluding steroid dienone is 1. The number of ether oxygens (including phenoxy) is 1. The van der Waals surface area contributed by atoms with E-state index in [4.69, 9.17) is 16.3 Å². The van der Waals surface area contributed by atoms with Gasteiger partial charge in [-0.3, -0.25) is 10.1 Å². The molecule has 0 atom stereocenters. The third kappa shape index (κ3) is 3.97. The number of rotatable bonds is 5. The van der Waals surface area contributed by atoms with E-state index >= 15 is 0 Å². The van der Waals surface area contributed by atoms with Crippen molar-refractivity contribution in [3.63, 3.8) is 0 Å². The summed E-state index contributed by atoms with van der Waals surface area (Å²) in [4.78, 5) is 15.6. The third-order valence-corrected chi connectivity index (χ3v) is 5.01. The van der Waals surface area contributed by atoms with Crippen molar-refractivity contribution in [2.45, 2.75) is 0 Å². The summed E-state index contributed by atoms with van der Waals surface area (Å²) in [6.07, 6.45) is 1.56. The second kappa shape index (κ2) is 8.30. The summed E-state index contributed by atoms with van der Waals surface area (Å²) in [6, 6.07) is 20.9. The number of benzene rings is 3. The van der Waals surface area contributed by atoms with Crippen molar-refractivity contribution in [1.29, 1.82) is 5.26 Å². The number of hydrogen-bond donors (Lipinski definition) is 0. The SMILES string of the molecule is Cn1c(/C(C#N)=C/c2ccc(Oc3ccccc3Cl)c([N+](=O)[O-])c2)nc2ccccc21. The lowest BCUT2D eigenvalue weighted by molar-refractivity contribution is -0.385. The highest BCUT2D eigenvalue weighted by atomic mass is 35.5. The topological polar surface area (TPSA) is 94.0 Å². The molecule has 0 spiro atoms. The van der Waals surface area contributed by atoms with E-state index in [2.05, 4.69) is 11.1 Å². The maximum Gasteiger partial charge on any atom is 0.312 e. The van der Waals surface area contributed by atoms with Crippen LogP contribution in [0.4, 0.5) is 5.69 Å². The molecule has 4 rings (SSSR count). The number of para-hydroxylation sites is 3. The van der Waals surface area contributed by atoms with Crippen LogP contribution >= 0.6 is 11.6 Å². The molecular formula is C23H15ClN4O3. The molecule has 0 bridgehead atoms. The zero-order valence-electron chi connectivity index (χ0n) is 16.3. The van der Waals surface area contributed by atoms with E-state index in [1.54, 1.807) is 36.4 Å². The number of nitrogens with zero attached hydrogens (tertiary/aromatic N) is 4. The number of aromatic nitrogens is 2. The van der Waals surface area contributed by atoms with E-state index in [0.717, 1.165) is 11.0 Å². The van der Waals surface area contributed by atoms with E-state index in [9.17, 15) is 15.4 Å². The highest BCUT2D eigenvalue weighted by Crippen LogP contribution is 2.36. The summed E-state index contributed by atoms with van der Waals surface area (Å²) in [7, 11) is 1.82. The van der Waals surface area contributed by atoms with Crippen LogP contribution in [0.1, 0.15) is 11.4 Å². The summed E-state index contributed by atoms with van der Waals surface area (Å²) in [5, 5.41) is 21.7. The summed E-state index contributed by atoms with van der Waals surface area (Å²) in [6.45, 7) is 0. The zero-order chi connectivity index (χ0) is 22.0. The van der Waals surface area contributed by atoms with Gasteiger partial charge in [-0.2, -0.15) is 5.26 Å². The van der Waals surface area contributed by atoms with E-state index in [-0.39, 0.29) is 17.0 Å². The van der Waals surface area contributed by atoms with Gasteiger partial charge in [0.2, 0.25) is 5.75 Å². The minimum Gasteiger partial charge on any atom is -0.449 e. The van der Waals surface area contributed by atoms with E-state index in [1.807, 2.05) is 35.9 Å². The van der Waals surface area contributed by atoms with Gasteiger partial charge in [0, 0.05) is 13.1 Å². The third-order valence-electron chi connectivity index (χ3n) is 4.70. The number of imidazole rings is 1. The Labute approximate surface area is 182 Å². The van der Waals surface area contributed by atoms with Crippen molar-refractivity contribution in [3.8, 4) is 17.6 Å². The normalized spacial score (nSPS) is 11.3. The fourth-order valence-electron chi connectivity index (χ4n) is 3.20. The highest BCUT2D eigenvalue weighted by Gasteiger charge is 2.18. The lowest BCUT2D eigenvalue weighted by atomic mass is 10.1. The summed E-state index contributed by atoms with van der Waals surface area (Å²) < 4.78 is 7.47. The lowest BCUT2D eigenvalue weighted by Gasteiger charge is -2.08. The fourth-order valence-corrected chi connectivity index (χ4v) is 3.37. The molecule has 4 aromatic rings. The van der Waals surface area contributed by atoms with Gasteiger partial charge in [0.25, 0.3) is 0 Å². The summed E-state index contributed by atoms with van der Waals surface area (Å²) in [5.41, 5.74) is 2.16. The van der Waals surface area contributed by atoms with Crippen LogP contribution in [0, 0.1) is 21.4 Å². The molecule has 0 aliphatic heterocycles. The second-order valence-corrected chi connectivity index (χ2v) is 7.08. The Balaban J connectivity index is 1.75. The van der Waals surface area contributed by atoms with Crippen molar-refractivity contribution in [1.82, 2.24) is 9.55 Å². The Morgan fingerprint density at radius 1 is 1.16 bits per heavy atom. The first-order valence-corrected chi connectivity index (χ1v) is 9.60. The van der Waals surface area contributed by atoms with Crippen LogP contribution in [0.2, 0.25) is 5.02 Å². The maximum atomic E-state index is 11.6. The minimum atomic E-state index is -0.537. The van der Waals surface area contributed by atoms with Crippen molar-refractivity contribution < 1.29 is 9.66 Å². The maximum absolute atomic E-state index is 11.6. The average molecular weight is 431 g/mol. The minimum absolute atomic E-state index is 0.0523. The van der Waals surface area contributed by atoms with Gasteiger partial charge in [-0.25, -0.2) is 4.98 Å². The Morgan fingerprint density at radius 2 is 1.90 bits per heavy atom. The standard InChI is InChI=1S/C23H15ClN4O3/c1-27-19-8-4-3-7-18(19)26-23(27)16(14-25)12-15-10-11-22(20(13-15)28(29)30)31-21-9-5-2-6-17(21)24/h2-13H,1H3/b16-12+. The molecule has 0 saturated carbocycles.